The van der Waals surface area contributed by atoms with Gasteiger partial charge in [0.25, 0.3) is 0 Å². The quantitative estimate of drug-likeness (QED) is 0.779. The third-order valence-electron chi connectivity index (χ3n) is 5.27. The molecule has 0 bridgehead atoms. The summed E-state index contributed by atoms with van der Waals surface area (Å²) in [6, 6.07) is 5.19. The molecule has 6 heteroatoms. The van der Waals surface area contributed by atoms with Crippen LogP contribution in [0.25, 0.3) is 17.0 Å². The van der Waals surface area contributed by atoms with Gasteiger partial charge in [0, 0.05) is 25.7 Å². The van der Waals surface area contributed by atoms with E-state index in [0.29, 0.717) is 55.5 Å². The first-order valence-electron chi connectivity index (χ1n) is 9.67. The highest BCUT2D eigenvalue weighted by atomic mass is 16.5. The summed E-state index contributed by atoms with van der Waals surface area (Å²) in [7, 11) is 0. The van der Waals surface area contributed by atoms with E-state index in [9.17, 15) is 4.79 Å². The molecule has 0 amide bonds. The van der Waals surface area contributed by atoms with E-state index in [-0.39, 0.29) is 5.43 Å². The Balaban J connectivity index is 1.62. The highest BCUT2D eigenvalue weighted by molar-refractivity contribution is 5.88. The molecule has 6 nitrogen and oxygen atoms in total. The van der Waals surface area contributed by atoms with Crippen molar-refractivity contribution in [2.45, 2.75) is 12.8 Å². The number of nitrogens with zero attached hydrogens (tertiary/aromatic N) is 2. The lowest BCUT2D eigenvalue weighted by Gasteiger charge is -2.27. The van der Waals surface area contributed by atoms with Crippen LogP contribution in [0.3, 0.4) is 0 Å². The summed E-state index contributed by atoms with van der Waals surface area (Å²) in [5.74, 6) is 1.28. The van der Waals surface area contributed by atoms with Crippen molar-refractivity contribution in [1.82, 2.24) is 4.90 Å². The average molecular weight is 370 g/mol. The van der Waals surface area contributed by atoms with Gasteiger partial charge in [-0.25, -0.2) is 0 Å². The third kappa shape index (κ3) is 3.87. The van der Waals surface area contributed by atoms with E-state index < -0.39 is 0 Å². The Kier molecular flexibility index (Phi) is 5.45. The normalized spacial score (nSPS) is 18.1. The van der Waals surface area contributed by atoms with E-state index in [0.717, 1.165) is 25.2 Å². The summed E-state index contributed by atoms with van der Waals surface area (Å²) < 4.78 is 17.5. The van der Waals surface area contributed by atoms with E-state index in [2.05, 4.69) is 11.5 Å². The van der Waals surface area contributed by atoms with Crippen molar-refractivity contribution in [3.8, 4) is 5.75 Å². The van der Waals surface area contributed by atoms with Gasteiger partial charge in [0.05, 0.1) is 24.2 Å². The van der Waals surface area contributed by atoms with Crippen LogP contribution in [0.4, 0.5) is 5.88 Å². The highest BCUT2D eigenvalue weighted by Gasteiger charge is 2.18. The molecule has 0 atom stereocenters. The van der Waals surface area contributed by atoms with Gasteiger partial charge in [-0.3, -0.25) is 9.69 Å². The van der Waals surface area contributed by atoms with Gasteiger partial charge >= 0.3 is 0 Å². The minimum Gasteiger partial charge on any atom is -0.491 e. The Hall–Kier alpha value is -2.31. The standard InChI is InChI=1S/C21H26N2O4/c1-2-16-19(26-14-9-22-7-3-4-8-22)6-5-17-18(24)15-20(27-21(16)17)23-10-12-25-13-11-23/h2,5-6,15H,1,3-4,7-14H2. The van der Waals surface area contributed by atoms with Crippen LogP contribution in [0.15, 0.2) is 34.0 Å². The Bertz CT molecular complexity index is 864. The molecule has 0 N–H and O–H groups in total. The van der Waals surface area contributed by atoms with Crippen LogP contribution in [0.5, 0.6) is 5.75 Å². The van der Waals surface area contributed by atoms with E-state index >= 15 is 0 Å². The first-order chi connectivity index (χ1) is 13.3. The van der Waals surface area contributed by atoms with Crippen LogP contribution in [0.2, 0.25) is 0 Å². The van der Waals surface area contributed by atoms with Crippen LogP contribution < -0.4 is 15.1 Å². The third-order valence-corrected chi connectivity index (χ3v) is 5.27. The summed E-state index contributed by atoms with van der Waals surface area (Å²) in [6.45, 7) is 10.4. The van der Waals surface area contributed by atoms with Crippen LogP contribution in [-0.2, 0) is 4.74 Å². The summed E-state index contributed by atoms with van der Waals surface area (Å²) in [5, 5.41) is 0.550. The lowest BCUT2D eigenvalue weighted by Crippen LogP contribution is -2.36. The molecule has 1 aromatic heterocycles. The first-order valence-corrected chi connectivity index (χ1v) is 9.67. The first kappa shape index (κ1) is 18.1. The number of rotatable bonds is 6. The Morgan fingerprint density at radius 1 is 1.15 bits per heavy atom. The molecule has 0 spiro atoms. The molecule has 0 unspecified atom stereocenters. The van der Waals surface area contributed by atoms with E-state index in [1.807, 2.05) is 11.0 Å². The molecule has 0 saturated carbocycles. The van der Waals surface area contributed by atoms with E-state index in [1.54, 1.807) is 18.2 Å². The number of hydrogen-bond acceptors (Lipinski definition) is 6. The van der Waals surface area contributed by atoms with Crippen LogP contribution in [0.1, 0.15) is 18.4 Å². The topological polar surface area (TPSA) is 55.2 Å². The van der Waals surface area contributed by atoms with Gasteiger partial charge < -0.3 is 18.8 Å². The molecule has 144 valence electrons. The molecular weight excluding hydrogens is 344 g/mol. The summed E-state index contributed by atoms with van der Waals surface area (Å²) in [5.41, 5.74) is 1.23. The molecule has 3 heterocycles. The monoisotopic (exact) mass is 370 g/mol. The van der Waals surface area contributed by atoms with E-state index in [1.165, 1.54) is 12.8 Å². The fourth-order valence-electron chi connectivity index (χ4n) is 3.76. The molecule has 4 rings (SSSR count). The maximum absolute atomic E-state index is 12.6. The van der Waals surface area contributed by atoms with Gasteiger partial charge in [-0.2, -0.15) is 0 Å². The van der Waals surface area contributed by atoms with Crippen molar-refractivity contribution in [2.75, 3.05) is 57.4 Å². The molecule has 2 aromatic rings. The smallest absolute Gasteiger partial charge is 0.200 e. The van der Waals surface area contributed by atoms with Crippen molar-refractivity contribution >= 4 is 22.9 Å². The second-order valence-electron chi connectivity index (χ2n) is 7.00. The second-order valence-corrected chi connectivity index (χ2v) is 7.00. The average Bonchev–Trinajstić information content (AvgIpc) is 3.22. The van der Waals surface area contributed by atoms with Crippen LogP contribution in [0, 0.1) is 0 Å². The zero-order chi connectivity index (χ0) is 18.6. The molecule has 27 heavy (non-hydrogen) atoms. The molecule has 2 saturated heterocycles. The summed E-state index contributed by atoms with van der Waals surface area (Å²) in [6.07, 6.45) is 4.24. The fourth-order valence-corrected chi connectivity index (χ4v) is 3.76. The van der Waals surface area contributed by atoms with Gasteiger partial charge in [-0.05, 0) is 38.1 Å². The Morgan fingerprint density at radius 3 is 2.67 bits per heavy atom. The lowest BCUT2D eigenvalue weighted by atomic mass is 10.1. The number of morpholine rings is 1. The number of hydrogen-bond donors (Lipinski definition) is 0. The largest absolute Gasteiger partial charge is 0.491 e. The Morgan fingerprint density at radius 2 is 1.93 bits per heavy atom. The predicted molar refractivity (Wildman–Crippen MR) is 107 cm³/mol. The SMILES string of the molecule is C=Cc1c(OCCN2CCCC2)ccc2c(=O)cc(N3CCOCC3)oc12. The maximum Gasteiger partial charge on any atom is 0.200 e. The number of ether oxygens (including phenoxy) is 2. The molecule has 2 aliphatic rings. The predicted octanol–water partition coefficient (Wildman–Crippen LogP) is 2.75. The van der Waals surface area contributed by atoms with Gasteiger partial charge in [0.2, 0.25) is 0 Å². The van der Waals surface area contributed by atoms with Gasteiger partial charge in [-0.1, -0.05) is 12.7 Å². The molecular formula is C21H26N2O4. The summed E-state index contributed by atoms with van der Waals surface area (Å²) >= 11 is 0. The van der Waals surface area contributed by atoms with Gasteiger partial charge in [-0.15, -0.1) is 0 Å². The van der Waals surface area contributed by atoms with Crippen LogP contribution >= 0.6 is 0 Å². The van der Waals surface area contributed by atoms with Crippen molar-refractivity contribution < 1.29 is 13.9 Å². The number of anilines is 1. The van der Waals surface area contributed by atoms with Gasteiger partial charge in [0.1, 0.15) is 12.4 Å². The lowest BCUT2D eigenvalue weighted by molar-refractivity contribution is 0.121. The highest BCUT2D eigenvalue weighted by Crippen LogP contribution is 2.30. The minimum atomic E-state index is -0.0514. The number of benzene rings is 1. The van der Waals surface area contributed by atoms with Crippen molar-refractivity contribution in [2.24, 2.45) is 0 Å². The number of fused-ring (bicyclic) bond motifs is 1. The van der Waals surface area contributed by atoms with Crippen molar-refractivity contribution in [1.29, 1.82) is 0 Å². The summed E-state index contributed by atoms with van der Waals surface area (Å²) in [4.78, 5) is 17.1. The van der Waals surface area contributed by atoms with Crippen molar-refractivity contribution in [3.05, 3.63) is 40.6 Å². The minimum absolute atomic E-state index is 0.0514. The molecule has 0 aliphatic carbocycles. The van der Waals surface area contributed by atoms with E-state index in [4.69, 9.17) is 13.9 Å². The molecule has 2 aliphatic heterocycles. The number of likely N-dealkylation sites (tertiary alicyclic amines) is 1. The van der Waals surface area contributed by atoms with Crippen LogP contribution in [-0.4, -0.2) is 57.4 Å². The van der Waals surface area contributed by atoms with Gasteiger partial charge in [0.15, 0.2) is 16.9 Å². The molecule has 0 radical (unpaired) electrons. The fraction of sp³-hybridized carbons (Fsp3) is 0.476. The molecule has 2 fully saturated rings. The maximum atomic E-state index is 12.6. The Labute approximate surface area is 159 Å². The zero-order valence-electron chi connectivity index (χ0n) is 15.6. The molecule has 1 aromatic carbocycles. The zero-order valence-corrected chi connectivity index (χ0v) is 15.6. The second kappa shape index (κ2) is 8.15. The van der Waals surface area contributed by atoms with Crippen molar-refractivity contribution in [3.63, 3.8) is 0 Å².